The standard InChI is InChI=1S/C19H20N2OS/c1-13-4-5-18(22-13)15-11-16(14-6-8-20-9-7-14)21-17(12-15)19-3-2-10-23-19/h2-5,10-12,14,20H,6-9H2,1H3. The van der Waals surface area contributed by atoms with Gasteiger partial charge in [0.15, 0.2) is 0 Å². The minimum Gasteiger partial charge on any atom is -0.461 e. The van der Waals surface area contributed by atoms with Gasteiger partial charge in [0.25, 0.3) is 0 Å². The summed E-state index contributed by atoms with van der Waals surface area (Å²) in [4.78, 5) is 6.19. The fraction of sp³-hybridized carbons (Fsp3) is 0.316. The van der Waals surface area contributed by atoms with Gasteiger partial charge in [0.1, 0.15) is 11.5 Å². The first-order valence-electron chi connectivity index (χ1n) is 8.13. The molecule has 1 aliphatic heterocycles. The van der Waals surface area contributed by atoms with Crippen molar-refractivity contribution in [1.29, 1.82) is 0 Å². The van der Waals surface area contributed by atoms with Gasteiger partial charge in [-0.25, -0.2) is 0 Å². The zero-order valence-corrected chi connectivity index (χ0v) is 14.0. The Morgan fingerprint density at radius 3 is 2.74 bits per heavy atom. The summed E-state index contributed by atoms with van der Waals surface area (Å²) in [5.74, 6) is 2.40. The Labute approximate surface area is 140 Å². The SMILES string of the molecule is Cc1ccc(-c2cc(-c3cccs3)nc(C3CCNCC3)c2)o1. The van der Waals surface area contributed by atoms with E-state index in [0.29, 0.717) is 5.92 Å². The molecule has 0 amide bonds. The molecular weight excluding hydrogens is 304 g/mol. The van der Waals surface area contributed by atoms with E-state index in [9.17, 15) is 0 Å². The van der Waals surface area contributed by atoms with Crippen LogP contribution in [0.2, 0.25) is 0 Å². The smallest absolute Gasteiger partial charge is 0.134 e. The van der Waals surface area contributed by atoms with Gasteiger partial charge in [-0.1, -0.05) is 6.07 Å². The highest BCUT2D eigenvalue weighted by Gasteiger charge is 2.19. The summed E-state index contributed by atoms with van der Waals surface area (Å²) in [6.07, 6.45) is 2.30. The number of rotatable bonds is 3. The molecule has 118 valence electrons. The van der Waals surface area contributed by atoms with Gasteiger partial charge < -0.3 is 9.73 Å². The lowest BCUT2D eigenvalue weighted by molar-refractivity contribution is 0.453. The summed E-state index contributed by atoms with van der Waals surface area (Å²) in [6.45, 7) is 4.13. The predicted octanol–water partition coefficient (Wildman–Crippen LogP) is 4.85. The highest BCUT2D eigenvalue weighted by Crippen LogP contribution is 2.33. The van der Waals surface area contributed by atoms with Gasteiger partial charge in [-0.2, -0.15) is 0 Å². The monoisotopic (exact) mass is 324 g/mol. The molecule has 4 heterocycles. The molecule has 0 unspecified atom stereocenters. The molecule has 0 saturated carbocycles. The molecule has 23 heavy (non-hydrogen) atoms. The molecule has 4 rings (SSSR count). The Bertz CT molecular complexity index is 786. The third-order valence-electron chi connectivity index (χ3n) is 4.40. The van der Waals surface area contributed by atoms with Gasteiger partial charge in [0.05, 0.1) is 10.6 Å². The number of piperidine rings is 1. The van der Waals surface area contributed by atoms with Gasteiger partial charge in [-0.05, 0) is 68.6 Å². The Kier molecular flexibility index (Phi) is 4.02. The van der Waals surface area contributed by atoms with Crippen LogP contribution in [0.25, 0.3) is 21.9 Å². The second-order valence-electron chi connectivity index (χ2n) is 6.08. The summed E-state index contributed by atoms with van der Waals surface area (Å²) >= 11 is 1.74. The Hall–Kier alpha value is -1.91. The molecule has 1 saturated heterocycles. The van der Waals surface area contributed by atoms with Crippen LogP contribution in [-0.2, 0) is 0 Å². The molecule has 0 aliphatic carbocycles. The topological polar surface area (TPSA) is 38.1 Å². The van der Waals surface area contributed by atoms with Crippen LogP contribution in [0.1, 0.15) is 30.2 Å². The minimum atomic E-state index is 0.533. The van der Waals surface area contributed by atoms with Crippen LogP contribution < -0.4 is 5.32 Å². The van der Waals surface area contributed by atoms with E-state index in [-0.39, 0.29) is 0 Å². The van der Waals surface area contributed by atoms with Gasteiger partial charge >= 0.3 is 0 Å². The van der Waals surface area contributed by atoms with Crippen molar-refractivity contribution in [3.05, 3.63) is 53.2 Å². The number of thiophene rings is 1. The van der Waals surface area contributed by atoms with E-state index >= 15 is 0 Å². The van der Waals surface area contributed by atoms with Crippen LogP contribution in [-0.4, -0.2) is 18.1 Å². The van der Waals surface area contributed by atoms with E-state index in [1.165, 1.54) is 10.6 Å². The average molecular weight is 324 g/mol. The molecule has 3 aromatic rings. The first kappa shape index (κ1) is 14.7. The van der Waals surface area contributed by atoms with Crippen LogP contribution in [0.5, 0.6) is 0 Å². The highest BCUT2D eigenvalue weighted by atomic mass is 32.1. The minimum absolute atomic E-state index is 0.533. The number of aryl methyl sites for hydroxylation is 1. The highest BCUT2D eigenvalue weighted by molar-refractivity contribution is 7.13. The fourth-order valence-corrected chi connectivity index (χ4v) is 3.85. The van der Waals surface area contributed by atoms with E-state index < -0.39 is 0 Å². The molecule has 3 aromatic heterocycles. The fourth-order valence-electron chi connectivity index (χ4n) is 3.16. The number of nitrogens with one attached hydrogen (secondary N) is 1. The van der Waals surface area contributed by atoms with Crippen LogP contribution in [0.3, 0.4) is 0 Å². The predicted molar refractivity (Wildman–Crippen MR) is 94.8 cm³/mol. The second-order valence-corrected chi connectivity index (χ2v) is 7.03. The maximum absolute atomic E-state index is 5.85. The summed E-state index contributed by atoms with van der Waals surface area (Å²) in [6, 6.07) is 12.6. The molecule has 0 spiro atoms. The van der Waals surface area contributed by atoms with Crippen molar-refractivity contribution in [1.82, 2.24) is 10.3 Å². The van der Waals surface area contributed by atoms with Crippen LogP contribution in [0, 0.1) is 6.92 Å². The van der Waals surface area contributed by atoms with Crippen molar-refractivity contribution < 1.29 is 4.42 Å². The number of aromatic nitrogens is 1. The average Bonchev–Trinajstić information content (AvgIpc) is 3.27. The zero-order chi connectivity index (χ0) is 15.6. The number of pyridine rings is 1. The van der Waals surface area contributed by atoms with Crippen molar-refractivity contribution in [2.45, 2.75) is 25.7 Å². The largest absolute Gasteiger partial charge is 0.461 e. The molecule has 0 bridgehead atoms. The number of nitrogens with zero attached hydrogens (tertiary/aromatic N) is 1. The number of hydrogen-bond acceptors (Lipinski definition) is 4. The van der Waals surface area contributed by atoms with E-state index in [4.69, 9.17) is 9.40 Å². The summed E-state index contributed by atoms with van der Waals surface area (Å²) in [5.41, 5.74) is 3.38. The zero-order valence-electron chi connectivity index (χ0n) is 13.2. The molecular formula is C19H20N2OS. The van der Waals surface area contributed by atoms with E-state index in [1.807, 2.05) is 13.0 Å². The molecule has 1 aliphatic rings. The Morgan fingerprint density at radius 1 is 1.17 bits per heavy atom. The lowest BCUT2D eigenvalue weighted by atomic mass is 9.92. The van der Waals surface area contributed by atoms with E-state index in [1.54, 1.807) is 11.3 Å². The van der Waals surface area contributed by atoms with Crippen molar-refractivity contribution in [3.63, 3.8) is 0 Å². The quantitative estimate of drug-likeness (QED) is 0.749. The summed E-state index contributed by atoms with van der Waals surface area (Å²) < 4.78 is 5.85. The maximum atomic E-state index is 5.85. The van der Waals surface area contributed by atoms with E-state index in [0.717, 1.165) is 48.7 Å². The first-order chi connectivity index (χ1) is 11.3. The molecule has 0 atom stereocenters. The molecule has 4 heteroatoms. The van der Waals surface area contributed by atoms with Crippen molar-refractivity contribution in [3.8, 4) is 21.9 Å². The van der Waals surface area contributed by atoms with Gasteiger partial charge in [-0.15, -0.1) is 11.3 Å². The van der Waals surface area contributed by atoms with Crippen molar-refractivity contribution >= 4 is 11.3 Å². The van der Waals surface area contributed by atoms with Crippen LogP contribution in [0.4, 0.5) is 0 Å². The summed E-state index contributed by atoms with van der Waals surface area (Å²) in [7, 11) is 0. The molecule has 0 radical (unpaired) electrons. The van der Waals surface area contributed by atoms with Crippen molar-refractivity contribution in [2.75, 3.05) is 13.1 Å². The van der Waals surface area contributed by atoms with Crippen LogP contribution in [0.15, 0.2) is 46.2 Å². The summed E-state index contributed by atoms with van der Waals surface area (Å²) in [5, 5.41) is 5.53. The molecule has 1 fully saturated rings. The van der Waals surface area contributed by atoms with Crippen molar-refractivity contribution in [2.24, 2.45) is 0 Å². The lowest BCUT2D eigenvalue weighted by Crippen LogP contribution is -2.27. The van der Waals surface area contributed by atoms with Gasteiger partial charge in [0, 0.05) is 17.2 Å². The van der Waals surface area contributed by atoms with Gasteiger partial charge in [-0.3, -0.25) is 4.98 Å². The second kappa shape index (κ2) is 6.30. The Morgan fingerprint density at radius 2 is 2.04 bits per heavy atom. The third-order valence-corrected chi connectivity index (χ3v) is 5.29. The van der Waals surface area contributed by atoms with Crippen LogP contribution >= 0.6 is 11.3 Å². The third kappa shape index (κ3) is 3.09. The molecule has 0 aromatic carbocycles. The maximum Gasteiger partial charge on any atom is 0.134 e. The Balaban J connectivity index is 1.80. The number of hydrogen-bond donors (Lipinski definition) is 1. The molecule has 3 nitrogen and oxygen atoms in total. The lowest BCUT2D eigenvalue weighted by Gasteiger charge is -2.23. The molecule has 1 N–H and O–H groups in total. The number of furan rings is 1. The van der Waals surface area contributed by atoms with E-state index in [2.05, 4.69) is 41.0 Å². The van der Waals surface area contributed by atoms with Gasteiger partial charge in [0.2, 0.25) is 0 Å². The first-order valence-corrected chi connectivity index (χ1v) is 9.01. The normalized spacial score (nSPS) is 15.9.